The average Bonchev–Trinajstić information content (AvgIpc) is 2.47. The fourth-order valence-corrected chi connectivity index (χ4v) is 2.43. The lowest BCUT2D eigenvalue weighted by atomic mass is 10.1. The standard InChI is InChI=1S/C15H20F3NO2/c1-20-9-2-7-19-8-10-21-14(11-19)12-3-5-13(6-4-12)15(16,17)18/h3-6,14H,2,7-11H2,1H3/t14-/m0/s1. The molecular formula is C15H20F3NO2. The lowest BCUT2D eigenvalue weighted by Gasteiger charge is -2.33. The second-order valence-electron chi connectivity index (χ2n) is 5.13. The maximum atomic E-state index is 12.5. The Morgan fingerprint density at radius 1 is 1.29 bits per heavy atom. The van der Waals surface area contributed by atoms with Crippen molar-refractivity contribution in [3.8, 4) is 0 Å². The minimum atomic E-state index is -4.29. The Labute approximate surface area is 122 Å². The molecule has 0 aromatic heterocycles. The van der Waals surface area contributed by atoms with Crippen molar-refractivity contribution in [3.63, 3.8) is 0 Å². The molecule has 1 saturated heterocycles. The minimum Gasteiger partial charge on any atom is -0.385 e. The summed E-state index contributed by atoms with van der Waals surface area (Å²) in [4.78, 5) is 2.25. The van der Waals surface area contributed by atoms with E-state index >= 15 is 0 Å². The normalized spacial score (nSPS) is 20.7. The summed E-state index contributed by atoms with van der Waals surface area (Å²) in [6.07, 6.45) is -3.52. The average molecular weight is 303 g/mol. The van der Waals surface area contributed by atoms with Gasteiger partial charge in [-0.2, -0.15) is 13.2 Å². The van der Waals surface area contributed by atoms with Gasteiger partial charge in [0.25, 0.3) is 0 Å². The summed E-state index contributed by atoms with van der Waals surface area (Å²) in [6, 6.07) is 5.24. The Balaban J connectivity index is 1.94. The lowest BCUT2D eigenvalue weighted by Crippen LogP contribution is -2.39. The number of morpholine rings is 1. The van der Waals surface area contributed by atoms with Crippen molar-refractivity contribution in [2.75, 3.05) is 40.0 Å². The molecule has 1 aliphatic heterocycles. The van der Waals surface area contributed by atoms with Crippen LogP contribution in [0.25, 0.3) is 0 Å². The molecule has 0 saturated carbocycles. The number of halogens is 3. The Hall–Kier alpha value is -1.11. The first-order chi connectivity index (χ1) is 10.0. The van der Waals surface area contributed by atoms with E-state index in [9.17, 15) is 13.2 Å². The first-order valence-electron chi connectivity index (χ1n) is 7.01. The van der Waals surface area contributed by atoms with Crippen LogP contribution in [0.5, 0.6) is 0 Å². The molecule has 0 amide bonds. The van der Waals surface area contributed by atoms with Crippen LogP contribution in [0, 0.1) is 0 Å². The number of hydrogen-bond donors (Lipinski definition) is 0. The van der Waals surface area contributed by atoms with Crippen molar-refractivity contribution in [1.29, 1.82) is 0 Å². The monoisotopic (exact) mass is 303 g/mol. The third-order valence-corrected chi connectivity index (χ3v) is 3.58. The molecule has 1 heterocycles. The van der Waals surface area contributed by atoms with Gasteiger partial charge >= 0.3 is 6.18 Å². The summed E-state index contributed by atoms with van der Waals surface area (Å²) in [5.41, 5.74) is 0.165. The van der Waals surface area contributed by atoms with Crippen molar-refractivity contribution in [3.05, 3.63) is 35.4 Å². The van der Waals surface area contributed by atoms with Crippen LogP contribution in [0.3, 0.4) is 0 Å². The number of benzene rings is 1. The van der Waals surface area contributed by atoms with E-state index in [4.69, 9.17) is 9.47 Å². The Morgan fingerprint density at radius 2 is 2.00 bits per heavy atom. The van der Waals surface area contributed by atoms with Crippen molar-refractivity contribution in [2.45, 2.75) is 18.7 Å². The second-order valence-corrected chi connectivity index (χ2v) is 5.13. The molecule has 118 valence electrons. The summed E-state index contributed by atoms with van der Waals surface area (Å²) in [7, 11) is 1.67. The highest BCUT2D eigenvalue weighted by Crippen LogP contribution is 2.31. The minimum absolute atomic E-state index is 0.163. The number of ether oxygens (including phenoxy) is 2. The van der Waals surface area contributed by atoms with Crippen LogP contribution < -0.4 is 0 Å². The molecule has 0 unspecified atom stereocenters. The van der Waals surface area contributed by atoms with E-state index in [1.54, 1.807) is 7.11 Å². The van der Waals surface area contributed by atoms with Gasteiger partial charge in [-0.05, 0) is 24.1 Å². The number of nitrogens with zero attached hydrogens (tertiary/aromatic N) is 1. The molecule has 6 heteroatoms. The maximum Gasteiger partial charge on any atom is 0.416 e. The highest BCUT2D eigenvalue weighted by Gasteiger charge is 2.30. The van der Waals surface area contributed by atoms with Gasteiger partial charge < -0.3 is 9.47 Å². The highest BCUT2D eigenvalue weighted by molar-refractivity contribution is 5.26. The summed E-state index contributed by atoms with van der Waals surface area (Å²) >= 11 is 0. The Kier molecular flexibility index (Phi) is 5.61. The van der Waals surface area contributed by atoms with Gasteiger partial charge in [0.2, 0.25) is 0 Å². The summed E-state index contributed by atoms with van der Waals surface area (Å²) in [5.74, 6) is 0. The van der Waals surface area contributed by atoms with Gasteiger partial charge in [-0.1, -0.05) is 12.1 Å². The number of methoxy groups -OCH3 is 1. The van der Waals surface area contributed by atoms with Crippen LogP contribution in [0.15, 0.2) is 24.3 Å². The van der Waals surface area contributed by atoms with Crippen molar-refractivity contribution in [2.24, 2.45) is 0 Å². The van der Waals surface area contributed by atoms with E-state index in [0.717, 1.165) is 37.2 Å². The largest absolute Gasteiger partial charge is 0.416 e. The van der Waals surface area contributed by atoms with E-state index in [1.165, 1.54) is 12.1 Å². The molecule has 0 bridgehead atoms. The van der Waals surface area contributed by atoms with E-state index in [1.807, 2.05) is 0 Å². The summed E-state index contributed by atoms with van der Waals surface area (Å²) in [6.45, 7) is 3.77. The fourth-order valence-electron chi connectivity index (χ4n) is 2.43. The molecule has 1 aromatic rings. The van der Waals surface area contributed by atoms with Gasteiger partial charge in [-0.3, -0.25) is 4.90 Å². The van der Waals surface area contributed by atoms with Crippen LogP contribution in [0.4, 0.5) is 13.2 Å². The quantitative estimate of drug-likeness (QED) is 0.780. The first kappa shape index (κ1) is 16.3. The van der Waals surface area contributed by atoms with Crippen LogP contribution in [-0.2, 0) is 15.7 Å². The van der Waals surface area contributed by atoms with Gasteiger partial charge in [0.1, 0.15) is 0 Å². The van der Waals surface area contributed by atoms with E-state index in [-0.39, 0.29) is 6.10 Å². The van der Waals surface area contributed by atoms with Crippen molar-refractivity contribution in [1.82, 2.24) is 4.90 Å². The lowest BCUT2D eigenvalue weighted by molar-refractivity contribution is -0.137. The zero-order chi connectivity index (χ0) is 15.3. The van der Waals surface area contributed by atoms with Crippen LogP contribution in [0.1, 0.15) is 23.7 Å². The summed E-state index contributed by atoms with van der Waals surface area (Å²) < 4.78 is 48.3. The van der Waals surface area contributed by atoms with E-state index in [0.29, 0.717) is 19.8 Å². The van der Waals surface area contributed by atoms with E-state index in [2.05, 4.69) is 4.90 Å². The zero-order valence-electron chi connectivity index (χ0n) is 12.0. The molecule has 0 spiro atoms. The number of alkyl halides is 3. The van der Waals surface area contributed by atoms with Crippen molar-refractivity contribution < 1.29 is 22.6 Å². The third kappa shape index (κ3) is 4.69. The van der Waals surface area contributed by atoms with Gasteiger partial charge in [-0.15, -0.1) is 0 Å². The smallest absolute Gasteiger partial charge is 0.385 e. The molecule has 2 rings (SSSR count). The second kappa shape index (κ2) is 7.24. The maximum absolute atomic E-state index is 12.5. The van der Waals surface area contributed by atoms with Gasteiger partial charge in [0.05, 0.1) is 18.3 Å². The molecule has 21 heavy (non-hydrogen) atoms. The topological polar surface area (TPSA) is 21.7 Å². The van der Waals surface area contributed by atoms with Gasteiger partial charge in [0, 0.05) is 33.4 Å². The predicted octanol–water partition coefficient (Wildman–Crippen LogP) is 3.12. The number of rotatable bonds is 5. The van der Waals surface area contributed by atoms with Crippen molar-refractivity contribution >= 4 is 0 Å². The molecule has 0 aliphatic carbocycles. The molecule has 1 aliphatic rings. The molecule has 3 nitrogen and oxygen atoms in total. The van der Waals surface area contributed by atoms with Gasteiger partial charge in [0.15, 0.2) is 0 Å². The molecule has 1 fully saturated rings. The zero-order valence-corrected chi connectivity index (χ0v) is 12.0. The molecule has 1 atom stereocenters. The number of hydrogen-bond acceptors (Lipinski definition) is 3. The SMILES string of the molecule is COCCCN1CCO[C@H](c2ccc(C(F)(F)F)cc2)C1. The Bertz CT molecular complexity index is 434. The molecular weight excluding hydrogens is 283 g/mol. The molecule has 1 aromatic carbocycles. The van der Waals surface area contributed by atoms with Gasteiger partial charge in [-0.25, -0.2) is 0 Å². The fraction of sp³-hybridized carbons (Fsp3) is 0.600. The third-order valence-electron chi connectivity index (χ3n) is 3.58. The van der Waals surface area contributed by atoms with Crippen LogP contribution in [0.2, 0.25) is 0 Å². The molecule has 0 N–H and O–H groups in total. The first-order valence-corrected chi connectivity index (χ1v) is 7.01. The Morgan fingerprint density at radius 3 is 2.62 bits per heavy atom. The van der Waals surface area contributed by atoms with Crippen LogP contribution >= 0.6 is 0 Å². The summed E-state index contributed by atoms with van der Waals surface area (Å²) in [5, 5.41) is 0. The van der Waals surface area contributed by atoms with Crippen LogP contribution in [-0.4, -0.2) is 44.9 Å². The highest BCUT2D eigenvalue weighted by atomic mass is 19.4. The van der Waals surface area contributed by atoms with E-state index < -0.39 is 11.7 Å². The predicted molar refractivity (Wildman–Crippen MR) is 73.1 cm³/mol. The molecule has 0 radical (unpaired) electrons.